The first-order valence-electron chi connectivity index (χ1n) is 6.95. The van der Waals surface area contributed by atoms with Crippen molar-refractivity contribution < 1.29 is 5.11 Å². The van der Waals surface area contributed by atoms with Gasteiger partial charge in [0.15, 0.2) is 0 Å². The van der Waals surface area contributed by atoms with Gasteiger partial charge in [-0.15, -0.1) is 0 Å². The fourth-order valence-corrected chi connectivity index (χ4v) is 2.84. The van der Waals surface area contributed by atoms with E-state index in [-0.39, 0.29) is 6.10 Å². The van der Waals surface area contributed by atoms with E-state index in [1.807, 2.05) is 13.0 Å². The van der Waals surface area contributed by atoms with Crippen LogP contribution in [0.25, 0.3) is 0 Å². The number of aliphatic hydroxyl groups is 1. The van der Waals surface area contributed by atoms with E-state index in [2.05, 4.69) is 44.6 Å². The van der Waals surface area contributed by atoms with Gasteiger partial charge in [0.1, 0.15) is 16.2 Å². The molecule has 0 aliphatic carbocycles. The van der Waals surface area contributed by atoms with E-state index in [0.29, 0.717) is 11.8 Å². The molecule has 0 amide bonds. The molecule has 1 atom stereocenters. The van der Waals surface area contributed by atoms with Crippen LogP contribution >= 0.6 is 15.9 Å². The van der Waals surface area contributed by atoms with Crippen LogP contribution in [-0.2, 0) is 0 Å². The second-order valence-electron chi connectivity index (χ2n) is 5.63. The third-order valence-electron chi connectivity index (χ3n) is 3.76. The Balaban J connectivity index is 2.11. The van der Waals surface area contributed by atoms with Gasteiger partial charge < -0.3 is 10.0 Å². The lowest BCUT2D eigenvalue weighted by molar-refractivity contribution is 0.109. The second kappa shape index (κ2) is 6.18. The molecule has 1 N–H and O–H groups in total. The number of aromatic nitrogens is 2. The summed E-state index contributed by atoms with van der Waals surface area (Å²) in [4.78, 5) is 11.3. The zero-order valence-electron chi connectivity index (χ0n) is 11.8. The highest BCUT2D eigenvalue weighted by Gasteiger charge is 2.24. The Morgan fingerprint density at radius 2 is 1.89 bits per heavy atom. The minimum atomic E-state index is -0.203. The lowest BCUT2D eigenvalue weighted by Crippen LogP contribution is -2.37. The van der Waals surface area contributed by atoms with Crippen molar-refractivity contribution in [2.45, 2.75) is 45.6 Å². The molecule has 1 aromatic rings. The fraction of sp³-hybridized carbons (Fsp3) is 0.714. The largest absolute Gasteiger partial charge is 0.393 e. The Kier molecular flexibility index (Phi) is 4.79. The van der Waals surface area contributed by atoms with Crippen molar-refractivity contribution in [3.63, 3.8) is 0 Å². The molecule has 0 radical (unpaired) electrons. The number of hydrogen-bond donors (Lipinski definition) is 1. The van der Waals surface area contributed by atoms with Gasteiger partial charge in [-0.1, -0.05) is 13.8 Å². The van der Waals surface area contributed by atoms with Gasteiger partial charge in [-0.2, -0.15) is 0 Å². The van der Waals surface area contributed by atoms with Crippen molar-refractivity contribution in [3.8, 4) is 0 Å². The molecule has 0 spiro atoms. The SMILES string of the molecule is CC(C)c1nc(Br)cc(N2CCC(C(C)O)CC2)n1. The Morgan fingerprint density at radius 1 is 1.26 bits per heavy atom. The van der Waals surface area contributed by atoms with Crippen LogP contribution in [-0.4, -0.2) is 34.3 Å². The third-order valence-corrected chi connectivity index (χ3v) is 4.17. The molecule has 0 bridgehead atoms. The van der Waals surface area contributed by atoms with Crippen molar-refractivity contribution >= 4 is 21.7 Å². The summed E-state index contributed by atoms with van der Waals surface area (Å²) < 4.78 is 0.846. The van der Waals surface area contributed by atoms with Crippen LogP contribution in [0.3, 0.4) is 0 Å². The standard InChI is InChI=1S/C14H22BrN3O/c1-9(2)14-16-12(15)8-13(17-14)18-6-4-11(5-7-18)10(3)19/h8-11,19H,4-7H2,1-3H3. The van der Waals surface area contributed by atoms with Crippen molar-refractivity contribution in [1.29, 1.82) is 0 Å². The molecule has 2 heterocycles. The highest BCUT2D eigenvalue weighted by Crippen LogP contribution is 2.26. The van der Waals surface area contributed by atoms with Gasteiger partial charge in [0, 0.05) is 25.1 Å². The van der Waals surface area contributed by atoms with Crippen LogP contribution in [0.5, 0.6) is 0 Å². The third kappa shape index (κ3) is 3.66. The van der Waals surface area contributed by atoms with E-state index in [0.717, 1.165) is 42.2 Å². The molecule has 0 saturated carbocycles. The number of rotatable bonds is 3. The first-order valence-corrected chi connectivity index (χ1v) is 7.74. The van der Waals surface area contributed by atoms with Crippen LogP contribution in [0.4, 0.5) is 5.82 Å². The molecule has 1 aliphatic rings. The van der Waals surface area contributed by atoms with E-state index in [4.69, 9.17) is 0 Å². The predicted octanol–water partition coefficient (Wildman–Crippen LogP) is 2.96. The summed E-state index contributed by atoms with van der Waals surface area (Å²) in [5.74, 6) is 2.62. The molecule has 1 aliphatic heterocycles. The van der Waals surface area contributed by atoms with Gasteiger partial charge in [-0.05, 0) is 41.6 Å². The van der Waals surface area contributed by atoms with Crippen molar-refractivity contribution in [1.82, 2.24) is 9.97 Å². The number of halogens is 1. The quantitative estimate of drug-likeness (QED) is 0.867. The first kappa shape index (κ1) is 14.7. The number of anilines is 1. The fourth-order valence-electron chi connectivity index (χ4n) is 2.45. The van der Waals surface area contributed by atoms with E-state index in [9.17, 15) is 5.11 Å². The maximum absolute atomic E-state index is 9.64. The molecule has 4 nitrogen and oxygen atoms in total. The van der Waals surface area contributed by atoms with E-state index >= 15 is 0 Å². The Bertz CT molecular complexity index is 429. The summed E-state index contributed by atoms with van der Waals surface area (Å²) in [5.41, 5.74) is 0. The summed E-state index contributed by atoms with van der Waals surface area (Å²) in [6, 6.07) is 1.98. The van der Waals surface area contributed by atoms with Gasteiger partial charge in [-0.25, -0.2) is 9.97 Å². The smallest absolute Gasteiger partial charge is 0.134 e. The van der Waals surface area contributed by atoms with Crippen LogP contribution in [0.1, 0.15) is 45.4 Å². The summed E-state index contributed by atoms with van der Waals surface area (Å²) >= 11 is 3.47. The Hall–Kier alpha value is -0.680. The molecular formula is C14H22BrN3O. The van der Waals surface area contributed by atoms with Gasteiger partial charge in [0.25, 0.3) is 0 Å². The van der Waals surface area contributed by atoms with Crippen molar-refractivity contribution in [3.05, 3.63) is 16.5 Å². The molecule has 5 heteroatoms. The Morgan fingerprint density at radius 3 is 2.42 bits per heavy atom. The number of nitrogens with zero attached hydrogens (tertiary/aromatic N) is 3. The Labute approximate surface area is 123 Å². The number of hydrogen-bond acceptors (Lipinski definition) is 4. The summed E-state index contributed by atoms with van der Waals surface area (Å²) in [5, 5.41) is 9.64. The second-order valence-corrected chi connectivity index (χ2v) is 6.44. The lowest BCUT2D eigenvalue weighted by atomic mass is 9.92. The summed E-state index contributed by atoms with van der Waals surface area (Å²) in [7, 11) is 0. The molecule has 1 fully saturated rings. The average Bonchev–Trinajstić information content (AvgIpc) is 2.38. The topological polar surface area (TPSA) is 49.2 Å². The molecule has 19 heavy (non-hydrogen) atoms. The number of piperidine rings is 1. The van der Waals surface area contributed by atoms with E-state index in [1.165, 1.54) is 0 Å². The normalized spacial score (nSPS) is 18.9. The van der Waals surface area contributed by atoms with Crippen LogP contribution in [0, 0.1) is 5.92 Å². The molecule has 1 saturated heterocycles. The van der Waals surface area contributed by atoms with Crippen molar-refractivity contribution in [2.75, 3.05) is 18.0 Å². The van der Waals surface area contributed by atoms with E-state index < -0.39 is 0 Å². The molecule has 106 valence electrons. The van der Waals surface area contributed by atoms with E-state index in [1.54, 1.807) is 0 Å². The minimum Gasteiger partial charge on any atom is -0.393 e. The molecule has 2 rings (SSSR count). The lowest BCUT2D eigenvalue weighted by Gasteiger charge is -2.34. The molecule has 1 unspecified atom stereocenters. The predicted molar refractivity (Wildman–Crippen MR) is 80.4 cm³/mol. The van der Waals surface area contributed by atoms with Gasteiger partial charge >= 0.3 is 0 Å². The monoisotopic (exact) mass is 327 g/mol. The average molecular weight is 328 g/mol. The zero-order valence-corrected chi connectivity index (χ0v) is 13.4. The summed E-state index contributed by atoms with van der Waals surface area (Å²) in [6.45, 7) is 8.00. The summed E-state index contributed by atoms with van der Waals surface area (Å²) in [6.07, 6.45) is 1.84. The van der Waals surface area contributed by atoms with Gasteiger partial charge in [0.05, 0.1) is 6.10 Å². The van der Waals surface area contributed by atoms with Gasteiger partial charge in [-0.3, -0.25) is 0 Å². The maximum Gasteiger partial charge on any atom is 0.134 e. The van der Waals surface area contributed by atoms with Crippen LogP contribution < -0.4 is 4.90 Å². The number of aliphatic hydroxyl groups excluding tert-OH is 1. The highest BCUT2D eigenvalue weighted by molar-refractivity contribution is 9.10. The van der Waals surface area contributed by atoms with Crippen molar-refractivity contribution in [2.24, 2.45) is 5.92 Å². The maximum atomic E-state index is 9.64. The molecule has 1 aromatic heterocycles. The minimum absolute atomic E-state index is 0.203. The zero-order chi connectivity index (χ0) is 14.0. The van der Waals surface area contributed by atoms with Crippen LogP contribution in [0.15, 0.2) is 10.7 Å². The first-order chi connectivity index (χ1) is 8.97. The van der Waals surface area contributed by atoms with Gasteiger partial charge in [0.2, 0.25) is 0 Å². The molecule has 0 aromatic carbocycles. The molecular weight excluding hydrogens is 306 g/mol. The van der Waals surface area contributed by atoms with Crippen LogP contribution in [0.2, 0.25) is 0 Å². The highest BCUT2D eigenvalue weighted by atomic mass is 79.9.